The molecule has 0 saturated carbocycles. The van der Waals surface area contributed by atoms with Crippen LogP contribution in [0.15, 0.2) is 29.2 Å². The number of carbonyl (C=O) groups is 1. The first-order chi connectivity index (χ1) is 11.6. The van der Waals surface area contributed by atoms with Gasteiger partial charge in [-0.2, -0.15) is 0 Å². The van der Waals surface area contributed by atoms with Crippen LogP contribution < -0.4 is 9.03 Å². The van der Waals surface area contributed by atoms with E-state index in [1.165, 1.54) is 28.6 Å². The van der Waals surface area contributed by atoms with Crippen LogP contribution in [0.5, 0.6) is 0 Å². The minimum absolute atomic E-state index is 0.0132. The van der Waals surface area contributed by atoms with Gasteiger partial charge in [-0.3, -0.25) is 9.10 Å². The summed E-state index contributed by atoms with van der Waals surface area (Å²) in [5.41, 5.74) is 0.450. The lowest BCUT2D eigenvalue weighted by Crippen LogP contribution is -2.27. The van der Waals surface area contributed by atoms with E-state index in [2.05, 4.69) is 4.72 Å². The van der Waals surface area contributed by atoms with Crippen LogP contribution in [0.3, 0.4) is 0 Å². The molecule has 0 spiro atoms. The van der Waals surface area contributed by atoms with Gasteiger partial charge in [-0.1, -0.05) is 6.92 Å². The second-order valence-electron chi connectivity index (χ2n) is 6.13. The van der Waals surface area contributed by atoms with Crippen molar-refractivity contribution in [2.75, 3.05) is 23.1 Å². The molecular weight excluding hydrogens is 368 g/mol. The molecule has 140 valence electrons. The van der Waals surface area contributed by atoms with Gasteiger partial charge in [-0.25, -0.2) is 21.6 Å². The van der Waals surface area contributed by atoms with E-state index in [-0.39, 0.29) is 29.5 Å². The highest BCUT2D eigenvalue weighted by Crippen LogP contribution is 2.25. The second-order valence-corrected chi connectivity index (χ2v) is 9.90. The molecule has 8 nitrogen and oxygen atoms in total. The summed E-state index contributed by atoms with van der Waals surface area (Å²) < 4.78 is 51.9. The molecule has 1 heterocycles. The van der Waals surface area contributed by atoms with Gasteiger partial charge in [0.1, 0.15) is 0 Å². The SMILES string of the molecule is CC(CCNS(=O)(=O)c1ccc(N2CCCS2(=O)=O)cc1)CC(=O)O. The zero-order valence-electron chi connectivity index (χ0n) is 13.9. The number of aliphatic carboxylic acids is 1. The minimum atomic E-state index is -3.72. The van der Waals surface area contributed by atoms with Gasteiger partial charge < -0.3 is 5.11 Å². The fourth-order valence-electron chi connectivity index (χ4n) is 2.64. The maximum Gasteiger partial charge on any atom is 0.303 e. The Labute approximate surface area is 147 Å². The van der Waals surface area contributed by atoms with Crippen molar-refractivity contribution in [3.05, 3.63) is 24.3 Å². The normalized spacial score (nSPS) is 18.2. The Morgan fingerprint density at radius 3 is 2.48 bits per heavy atom. The van der Waals surface area contributed by atoms with Gasteiger partial charge in [-0.15, -0.1) is 0 Å². The predicted octanol–water partition coefficient (Wildman–Crippen LogP) is 1.01. The molecular formula is C15H22N2O6S2. The first-order valence-corrected chi connectivity index (χ1v) is 11.0. The zero-order chi connectivity index (χ0) is 18.7. The predicted molar refractivity (Wildman–Crippen MR) is 93.4 cm³/mol. The molecule has 1 aliphatic rings. The molecule has 1 aromatic rings. The van der Waals surface area contributed by atoms with Crippen molar-refractivity contribution in [3.63, 3.8) is 0 Å². The third-order valence-electron chi connectivity index (χ3n) is 3.99. The van der Waals surface area contributed by atoms with Crippen molar-refractivity contribution in [3.8, 4) is 0 Å². The van der Waals surface area contributed by atoms with Crippen LogP contribution >= 0.6 is 0 Å². The average Bonchev–Trinajstić information content (AvgIpc) is 2.86. The summed E-state index contributed by atoms with van der Waals surface area (Å²) in [5.74, 6) is -0.950. The molecule has 1 saturated heterocycles. The number of benzene rings is 1. The Morgan fingerprint density at radius 1 is 1.32 bits per heavy atom. The fraction of sp³-hybridized carbons (Fsp3) is 0.533. The maximum absolute atomic E-state index is 12.2. The van der Waals surface area contributed by atoms with Crippen LogP contribution in [-0.4, -0.2) is 46.8 Å². The van der Waals surface area contributed by atoms with E-state index in [0.717, 1.165) is 0 Å². The van der Waals surface area contributed by atoms with Crippen LogP contribution in [0.2, 0.25) is 0 Å². The number of carboxylic acids is 1. The molecule has 1 aromatic carbocycles. The first-order valence-electron chi connectivity index (χ1n) is 7.94. The summed E-state index contributed by atoms with van der Waals surface area (Å²) >= 11 is 0. The van der Waals surface area contributed by atoms with E-state index in [9.17, 15) is 21.6 Å². The van der Waals surface area contributed by atoms with Gasteiger partial charge in [0, 0.05) is 19.5 Å². The van der Waals surface area contributed by atoms with E-state index in [4.69, 9.17) is 5.11 Å². The third kappa shape index (κ3) is 5.16. The molecule has 1 atom stereocenters. The Morgan fingerprint density at radius 2 is 1.96 bits per heavy atom. The summed E-state index contributed by atoms with van der Waals surface area (Å²) in [4.78, 5) is 10.6. The summed E-state index contributed by atoms with van der Waals surface area (Å²) in [6.45, 7) is 2.28. The van der Waals surface area contributed by atoms with Crippen molar-refractivity contribution in [2.24, 2.45) is 5.92 Å². The van der Waals surface area contributed by atoms with Crippen LogP contribution in [0.25, 0.3) is 0 Å². The number of anilines is 1. The standard InChI is InChI=1S/C15H22N2O6S2/c1-12(11-15(18)19)7-8-16-25(22,23)14-5-3-13(4-6-14)17-9-2-10-24(17,20)21/h3-6,12,16H,2,7-11H2,1H3,(H,18,19). The second kappa shape index (κ2) is 7.71. The Hall–Kier alpha value is -1.65. The van der Waals surface area contributed by atoms with Crippen molar-refractivity contribution in [2.45, 2.75) is 31.1 Å². The molecule has 1 fully saturated rings. The molecule has 0 amide bonds. The number of carboxylic acid groups (broad SMARTS) is 1. The van der Waals surface area contributed by atoms with Crippen LogP contribution in [0, 0.1) is 5.92 Å². The van der Waals surface area contributed by atoms with Crippen molar-refractivity contribution in [1.29, 1.82) is 0 Å². The topological polar surface area (TPSA) is 121 Å². The third-order valence-corrected chi connectivity index (χ3v) is 7.33. The molecule has 0 radical (unpaired) electrons. The number of rotatable bonds is 8. The number of hydrogen-bond donors (Lipinski definition) is 2. The molecule has 2 N–H and O–H groups in total. The van der Waals surface area contributed by atoms with E-state index in [1.54, 1.807) is 6.92 Å². The molecule has 0 aliphatic carbocycles. The largest absolute Gasteiger partial charge is 0.481 e. The fourth-order valence-corrected chi connectivity index (χ4v) is 5.26. The van der Waals surface area contributed by atoms with Gasteiger partial charge in [0.15, 0.2) is 0 Å². The monoisotopic (exact) mass is 390 g/mol. The first kappa shape index (κ1) is 19.7. The molecule has 25 heavy (non-hydrogen) atoms. The molecule has 1 unspecified atom stereocenters. The minimum Gasteiger partial charge on any atom is -0.481 e. The number of nitrogens with one attached hydrogen (secondary N) is 1. The van der Waals surface area contributed by atoms with Gasteiger partial charge in [0.2, 0.25) is 20.0 Å². The molecule has 0 bridgehead atoms. The Balaban J connectivity index is 1.99. The number of sulfonamides is 2. The zero-order valence-corrected chi connectivity index (χ0v) is 15.5. The summed E-state index contributed by atoms with van der Waals surface area (Å²) in [5, 5.41) is 8.69. The number of nitrogens with zero attached hydrogens (tertiary/aromatic N) is 1. The Bertz CT molecular complexity index is 818. The lowest BCUT2D eigenvalue weighted by atomic mass is 10.0. The maximum atomic E-state index is 12.2. The van der Waals surface area contributed by atoms with Crippen molar-refractivity contribution >= 4 is 31.7 Å². The van der Waals surface area contributed by atoms with Gasteiger partial charge in [0.25, 0.3) is 0 Å². The van der Waals surface area contributed by atoms with Crippen LogP contribution in [-0.2, 0) is 24.8 Å². The molecule has 1 aliphatic heterocycles. The van der Waals surface area contributed by atoms with E-state index in [0.29, 0.717) is 25.1 Å². The van der Waals surface area contributed by atoms with Gasteiger partial charge >= 0.3 is 5.97 Å². The van der Waals surface area contributed by atoms with Crippen LogP contribution in [0.1, 0.15) is 26.2 Å². The van der Waals surface area contributed by atoms with Gasteiger partial charge in [-0.05, 0) is 43.0 Å². The van der Waals surface area contributed by atoms with Crippen molar-refractivity contribution < 1.29 is 26.7 Å². The van der Waals surface area contributed by atoms with Gasteiger partial charge in [0.05, 0.1) is 16.3 Å². The Kier molecular flexibility index (Phi) is 6.07. The quantitative estimate of drug-likeness (QED) is 0.683. The lowest BCUT2D eigenvalue weighted by Gasteiger charge is -2.17. The highest BCUT2D eigenvalue weighted by Gasteiger charge is 2.28. The van der Waals surface area contributed by atoms with Crippen LogP contribution in [0.4, 0.5) is 5.69 Å². The lowest BCUT2D eigenvalue weighted by molar-refractivity contribution is -0.138. The van der Waals surface area contributed by atoms with E-state index in [1.807, 2.05) is 0 Å². The average molecular weight is 390 g/mol. The molecule has 2 rings (SSSR count). The summed E-state index contributed by atoms with van der Waals surface area (Å²) in [7, 11) is -7.02. The molecule has 0 aromatic heterocycles. The number of hydrogen-bond acceptors (Lipinski definition) is 5. The van der Waals surface area contributed by atoms with E-state index < -0.39 is 26.0 Å². The highest BCUT2D eigenvalue weighted by molar-refractivity contribution is 7.93. The highest BCUT2D eigenvalue weighted by atomic mass is 32.2. The van der Waals surface area contributed by atoms with E-state index >= 15 is 0 Å². The molecule has 10 heteroatoms. The summed E-state index contributed by atoms with van der Waals surface area (Å²) in [6, 6.07) is 5.69. The smallest absolute Gasteiger partial charge is 0.303 e. The summed E-state index contributed by atoms with van der Waals surface area (Å²) in [6.07, 6.45) is 0.953. The van der Waals surface area contributed by atoms with Crippen molar-refractivity contribution in [1.82, 2.24) is 4.72 Å².